The van der Waals surface area contributed by atoms with Crippen molar-refractivity contribution in [2.45, 2.75) is 66.1 Å². The lowest BCUT2D eigenvalue weighted by Gasteiger charge is -2.26. The topological polar surface area (TPSA) is 44.8 Å². The van der Waals surface area contributed by atoms with Gasteiger partial charge in [-0.25, -0.2) is 0 Å². The van der Waals surface area contributed by atoms with E-state index < -0.39 is 6.61 Å². The normalized spacial score (nSPS) is 11.4. The van der Waals surface area contributed by atoms with Crippen LogP contribution in [0.1, 0.15) is 56.7 Å². The SMILES string of the molecule is CCCC(C)(C)Cc1cc(COc2cccc(CCC(=O)OC)c2)ccc1-c1cccc(OC(F)F)c1. The third-order valence-electron chi connectivity index (χ3n) is 6.29. The number of rotatable bonds is 13. The summed E-state index contributed by atoms with van der Waals surface area (Å²) in [5, 5.41) is 0. The van der Waals surface area contributed by atoms with E-state index in [1.165, 1.54) is 13.2 Å². The second-order valence-electron chi connectivity index (χ2n) is 10.0. The maximum Gasteiger partial charge on any atom is 0.387 e. The molecule has 37 heavy (non-hydrogen) atoms. The summed E-state index contributed by atoms with van der Waals surface area (Å²) in [5.41, 5.74) is 5.08. The number of alkyl halides is 2. The number of hydrogen-bond acceptors (Lipinski definition) is 4. The molecule has 3 rings (SSSR count). The maximum atomic E-state index is 12.8. The first kappa shape index (κ1) is 28.2. The van der Waals surface area contributed by atoms with Gasteiger partial charge >= 0.3 is 12.6 Å². The molecule has 0 bridgehead atoms. The minimum Gasteiger partial charge on any atom is -0.489 e. The first-order chi connectivity index (χ1) is 17.7. The van der Waals surface area contributed by atoms with E-state index >= 15 is 0 Å². The summed E-state index contributed by atoms with van der Waals surface area (Å²) < 4.78 is 41.0. The number of carbonyl (C=O) groups is 1. The highest BCUT2D eigenvalue weighted by atomic mass is 19.3. The first-order valence-electron chi connectivity index (χ1n) is 12.6. The summed E-state index contributed by atoms with van der Waals surface area (Å²) in [6.45, 7) is 4.20. The van der Waals surface area contributed by atoms with Gasteiger partial charge in [0.1, 0.15) is 18.1 Å². The molecular formula is C31H36F2O4. The standard InChI is InChI=1S/C31H36F2O4/c1-5-16-31(2,3)20-25-17-23(12-14-28(25)24-9-7-11-27(19-24)37-30(32)33)21-36-26-10-6-8-22(18-26)13-15-29(34)35-4/h6-12,14,17-19,30H,5,13,15-16,20-21H2,1-4H3. The van der Waals surface area contributed by atoms with Gasteiger partial charge in [0, 0.05) is 6.42 Å². The number of benzene rings is 3. The highest BCUT2D eigenvalue weighted by molar-refractivity contribution is 5.70. The second-order valence-corrected chi connectivity index (χ2v) is 10.0. The summed E-state index contributed by atoms with van der Waals surface area (Å²) in [7, 11) is 1.39. The van der Waals surface area contributed by atoms with Crippen LogP contribution in [0.3, 0.4) is 0 Å². The molecule has 0 unspecified atom stereocenters. The molecule has 3 aromatic rings. The number of ether oxygens (including phenoxy) is 3. The van der Waals surface area contributed by atoms with Gasteiger partial charge in [-0.2, -0.15) is 8.78 Å². The molecule has 0 aromatic heterocycles. The molecule has 0 aliphatic carbocycles. The zero-order valence-electron chi connectivity index (χ0n) is 22.1. The molecule has 198 valence electrons. The molecule has 0 spiro atoms. The van der Waals surface area contributed by atoms with E-state index in [4.69, 9.17) is 9.47 Å². The van der Waals surface area contributed by atoms with Crippen molar-refractivity contribution in [2.75, 3.05) is 7.11 Å². The molecule has 0 aliphatic rings. The molecular weight excluding hydrogens is 474 g/mol. The van der Waals surface area contributed by atoms with E-state index in [-0.39, 0.29) is 17.1 Å². The van der Waals surface area contributed by atoms with E-state index in [0.29, 0.717) is 19.4 Å². The summed E-state index contributed by atoms with van der Waals surface area (Å²) >= 11 is 0. The van der Waals surface area contributed by atoms with Crippen molar-refractivity contribution in [1.82, 2.24) is 0 Å². The van der Waals surface area contributed by atoms with Gasteiger partial charge < -0.3 is 14.2 Å². The zero-order chi connectivity index (χ0) is 26.8. The average Bonchev–Trinajstić information content (AvgIpc) is 2.86. The van der Waals surface area contributed by atoms with E-state index in [9.17, 15) is 13.6 Å². The largest absolute Gasteiger partial charge is 0.489 e. The summed E-state index contributed by atoms with van der Waals surface area (Å²) in [5.74, 6) is 0.637. The number of hydrogen-bond donors (Lipinski definition) is 0. The van der Waals surface area contributed by atoms with Crippen LogP contribution in [0.4, 0.5) is 8.78 Å². The fourth-order valence-electron chi connectivity index (χ4n) is 4.59. The molecule has 0 N–H and O–H groups in total. The molecule has 0 saturated heterocycles. The van der Waals surface area contributed by atoms with Gasteiger partial charge in [0.15, 0.2) is 0 Å². The van der Waals surface area contributed by atoms with Crippen molar-refractivity contribution >= 4 is 5.97 Å². The van der Waals surface area contributed by atoms with Crippen LogP contribution in [0.2, 0.25) is 0 Å². The number of halogens is 2. The quantitative estimate of drug-likeness (QED) is 0.219. The highest BCUT2D eigenvalue weighted by Crippen LogP contribution is 2.35. The van der Waals surface area contributed by atoms with Gasteiger partial charge in [0.25, 0.3) is 0 Å². The van der Waals surface area contributed by atoms with Crippen LogP contribution >= 0.6 is 0 Å². The van der Waals surface area contributed by atoms with E-state index in [1.807, 2.05) is 42.5 Å². The van der Waals surface area contributed by atoms with E-state index in [2.05, 4.69) is 31.6 Å². The Bertz CT molecular complexity index is 1170. The van der Waals surface area contributed by atoms with Crippen LogP contribution in [0.5, 0.6) is 11.5 Å². The first-order valence-corrected chi connectivity index (χ1v) is 12.6. The Kier molecular flexibility index (Phi) is 10.1. The smallest absolute Gasteiger partial charge is 0.387 e. The fourth-order valence-corrected chi connectivity index (χ4v) is 4.59. The minimum absolute atomic E-state index is 0.0774. The van der Waals surface area contributed by atoms with Crippen molar-refractivity contribution < 1.29 is 27.8 Å². The van der Waals surface area contributed by atoms with Gasteiger partial charge in [-0.15, -0.1) is 0 Å². The number of carbonyl (C=O) groups excluding carboxylic acids is 1. The Morgan fingerprint density at radius 2 is 1.70 bits per heavy atom. The lowest BCUT2D eigenvalue weighted by molar-refractivity contribution is -0.140. The number of esters is 1. The van der Waals surface area contributed by atoms with Crippen LogP contribution in [0.15, 0.2) is 66.7 Å². The molecule has 0 saturated carbocycles. The predicted molar refractivity (Wildman–Crippen MR) is 142 cm³/mol. The van der Waals surface area contributed by atoms with Crippen molar-refractivity contribution in [1.29, 1.82) is 0 Å². The Labute approximate surface area is 218 Å². The Morgan fingerprint density at radius 3 is 2.43 bits per heavy atom. The molecule has 0 amide bonds. The predicted octanol–water partition coefficient (Wildman–Crippen LogP) is 8.01. The monoisotopic (exact) mass is 510 g/mol. The lowest BCUT2D eigenvalue weighted by atomic mass is 9.79. The van der Waals surface area contributed by atoms with Gasteiger partial charge in [0.05, 0.1) is 7.11 Å². The molecule has 0 aliphatic heterocycles. The van der Waals surface area contributed by atoms with E-state index in [0.717, 1.165) is 52.8 Å². The van der Waals surface area contributed by atoms with Gasteiger partial charge in [-0.1, -0.05) is 69.7 Å². The second kappa shape index (κ2) is 13.2. The van der Waals surface area contributed by atoms with Gasteiger partial charge in [-0.3, -0.25) is 4.79 Å². The molecule has 0 radical (unpaired) electrons. The van der Waals surface area contributed by atoms with Gasteiger partial charge in [-0.05, 0) is 76.8 Å². The van der Waals surface area contributed by atoms with Crippen molar-refractivity contribution in [3.8, 4) is 22.6 Å². The molecule has 3 aromatic carbocycles. The average molecular weight is 511 g/mol. The Morgan fingerprint density at radius 1 is 0.946 bits per heavy atom. The maximum absolute atomic E-state index is 12.8. The summed E-state index contributed by atoms with van der Waals surface area (Å²) in [6.07, 6.45) is 3.90. The lowest BCUT2D eigenvalue weighted by Crippen LogP contribution is -2.15. The van der Waals surface area contributed by atoms with Gasteiger partial charge in [0.2, 0.25) is 0 Å². The Hall–Kier alpha value is -3.41. The number of methoxy groups -OCH3 is 1. The van der Waals surface area contributed by atoms with Crippen LogP contribution in [-0.4, -0.2) is 19.7 Å². The highest BCUT2D eigenvalue weighted by Gasteiger charge is 2.20. The zero-order valence-corrected chi connectivity index (χ0v) is 22.1. The Balaban J connectivity index is 1.83. The van der Waals surface area contributed by atoms with Crippen LogP contribution < -0.4 is 9.47 Å². The molecule has 0 heterocycles. The van der Waals surface area contributed by atoms with E-state index in [1.54, 1.807) is 12.1 Å². The van der Waals surface area contributed by atoms with Crippen molar-refractivity contribution in [3.63, 3.8) is 0 Å². The minimum atomic E-state index is -2.86. The molecule has 4 nitrogen and oxygen atoms in total. The third-order valence-corrected chi connectivity index (χ3v) is 6.29. The number of aryl methyl sites for hydroxylation is 1. The summed E-state index contributed by atoms with van der Waals surface area (Å²) in [6, 6.07) is 20.8. The fraction of sp³-hybridized carbons (Fsp3) is 0.387. The van der Waals surface area contributed by atoms with Crippen LogP contribution in [0, 0.1) is 5.41 Å². The summed E-state index contributed by atoms with van der Waals surface area (Å²) in [4.78, 5) is 11.5. The molecule has 0 atom stereocenters. The third kappa shape index (κ3) is 8.88. The molecule has 6 heteroatoms. The van der Waals surface area contributed by atoms with Crippen molar-refractivity contribution in [3.05, 3.63) is 83.4 Å². The van der Waals surface area contributed by atoms with Crippen molar-refractivity contribution in [2.24, 2.45) is 5.41 Å². The van der Waals surface area contributed by atoms with Crippen LogP contribution in [-0.2, 0) is 29.0 Å². The van der Waals surface area contributed by atoms with Crippen LogP contribution in [0.25, 0.3) is 11.1 Å². The molecule has 0 fully saturated rings.